The Balaban J connectivity index is 1.28. The molecule has 33 heavy (non-hydrogen) atoms. The molecule has 0 radical (unpaired) electrons. The van der Waals surface area contributed by atoms with Crippen molar-refractivity contribution in [2.45, 2.75) is 37.6 Å². The maximum Gasteiger partial charge on any atom is 0.245 e. The van der Waals surface area contributed by atoms with Gasteiger partial charge in [-0.05, 0) is 55.1 Å². The van der Waals surface area contributed by atoms with E-state index < -0.39 is 11.0 Å². The van der Waals surface area contributed by atoms with Crippen LogP contribution in [0.1, 0.15) is 31.2 Å². The van der Waals surface area contributed by atoms with Crippen LogP contribution in [0.15, 0.2) is 42.5 Å². The highest BCUT2D eigenvalue weighted by atomic mass is 16.2. The van der Waals surface area contributed by atoms with Crippen molar-refractivity contribution >= 4 is 28.5 Å². The van der Waals surface area contributed by atoms with E-state index in [-0.39, 0.29) is 30.7 Å². The van der Waals surface area contributed by atoms with Crippen LogP contribution < -0.4 is 21.3 Å². The average molecular weight is 448 g/mol. The summed E-state index contributed by atoms with van der Waals surface area (Å²) in [5.41, 5.74) is -1.05. The topological polar surface area (TPSA) is 123 Å². The molecule has 1 saturated carbocycles. The van der Waals surface area contributed by atoms with Gasteiger partial charge in [0.05, 0.1) is 12.5 Å². The molecule has 8 heteroatoms. The van der Waals surface area contributed by atoms with Crippen LogP contribution in [-0.4, -0.2) is 49.4 Å². The molecule has 4 N–H and O–H groups in total. The highest BCUT2D eigenvalue weighted by molar-refractivity contribution is 5.96. The summed E-state index contributed by atoms with van der Waals surface area (Å²) in [6.07, 6.45) is 2.25. The fourth-order valence-corrected chi connectivity index (χ4v) is 4.34. The Bertz CT molecular complexity index is 1090. The zero-order valence-corrected chi connectivity index (χ0v) is 18.6. The number of nitrogens with zero attached hydrogens (tertiary/aromatic N) is 1. The molecule has 3 amide bonds. The zero-order chi connectivity index (χ0) is 23.3. The lowest BCUT2D eigenvalue weighted by atomic mass is 9.86. The van der Waals surface area contributed by atoms with Gasteiger partial charge in [-0.3, -0.25) is 14.4 Å². The predicted molar refractivity (Wildman–Crippen MR) is 124 cm³/mol. The van der Waals surface area contributed by atoms with E-state index in [9.17, 15) is 19.6 Å². The van der Waals surface area contributed by atoms with E-state index in [4.69, 9.17) is 0 Å². The summed E-state index contributed by atoms with van der Waals surface area (Å²) in [6.45, 7) is 1.76. The first-order valence-corrected chi connectivity index (χ1v) is 11.4. The third kappa shape index (κ3) is 4.99. The molecule has 0 spiro atoms. The SMILES string of the molecule is N#CC1(C(=O)NC2(C(=O)NCCNC(=O)Cc3cccc4ccccc34)CCNCC2)CC1. The summed E-state index contributed by atoms with van der Waals surface area (Å²) in [5.74, 6) is -0.741. The number of nitrogens with one attached hydrogen (secondary N) is 4. The molecule has 1 aliphatic heterocycles. The molecule has 1 heterocycles. The van der Waals surface area contributed by atoms with E-state index in [2.05, 4.69) is 27.3 Å². The minimum Gasteiger partial charge on any atom is -0.354 e. The van der Waals surface area contributed by atoms with Gasteiger partial charge in [-0.2, -0.15) is 5.26 Å². The maximum atomic E-state index is 13.0. The first-order valence-electron chi connectivity index (χ1n) is 11.4. The molecular weight excluding hydrogens is 418 g/mol. The highest BCUT2D eigenvalue weighted by Crippen LogP contribution is 2.45. The second-order valence-corrected chi connectivity index (χ2v) is 8.90. The fourth-order valence-electron chi connectivity index (χ4n) is 4.34. The number of piperidine rings is 1. The quantitative estimate of drug-likeness (QED) is 0.452. The Kier molecular flexibility index (Phi) is 6.61. The number of carbonyl (C=O) groups excluding carboxylic acids is 3. The normalized spacial score (nSPS) is 18.0. The van der Waals surface area contributed by atoms with Gasteiger partial charge in [0, 0.05) is 13.1 Å². The molecule has 0 unspecified atom stereocenters. The van der Waals surface area contributed by atoms with Crippen LogP contribution in [0.3, 0.4) is 0 Å². The Labute approximate surface area is 193 Å². The minimum absolute atomic E-state index is 0.116. The molecule has 1 saturated heterocycles. The molecule has 8 nitrogen and oxygen atoms in total. The molecule has 0 bridgehead atoms. The molecule has 2 aromatic carbocycles. The van der Waals surface area contributed by atoms with Gasteiger partial charge in [0.2, 0.25) is 17.7 Å². The van der Waals surface area contributed by atoms with Gasteiger partial charge < -0.3 is 21.3 Å². The Hall–Kier alpha value is -3.44. The summed E-state index contributed by atoms with van der Waals surface area (Å²) in [7, 11) is 0. The van der Waals surface area contributed by atoms with E-state index in [1.54, 1.807) is 0 Å². The molecule has 2 aromatic rings. The van der Waals surface area contributed by atoms with E-state index in [1.807, 2.05) is 42.5 Å². The second kappa shape index (κ2) is 9.59. The van der Waals surface area contributed by atoms with Crippen molar-refractivity contribution in [1.29, 1.82) is 5.26 Å². The van der Waals surface area contributed by atoms with Crippen molar-refractivity contribution in [3.05, 3.63) is 48.0 Å². The van der Waals surface area contributed by atoms with E-state index >= 15 is 0 Å². The van der Waals surface area contributed by atoms with Crippen LogP contribution in [-0.2, 0) is 20.8 Å². The van der Waals surface area contributed by atoms with Crippen LogP contribution in [0, 0.1) is 16.7 Å². The summed E-state index contributed by atoms with van der Waals surface area (Å²) in [6, 6.07) is 15.9. The lowest BCUT2D eigenvalue weighted by Gasteiger charge is -2.37. The zero-order valence-electron chi connectivity index (χ0n) is 18.6. The lowest BCUT2D eigenvalue weighted by Crippen LogP contribution is -2.64. The minimum atomic E-state index is -1.03. The Morgan fingerprint density at radius 2 is 1.61 bits per heavy atom. The van der Waals surface area contributed by atoms with E-state index in [1.165, 1.54) is 0 Å². The number of hydrogen-bond donors (Lipinski definition) is 4. The monoisotopic (exact) mass is 447 g/mol. The largest absolute Gasteiger partial charge is 0.354 e. The standard InChI is InChI=1S/C25H29N5O3/c26-17-24(8-9-24)22(32)30-25(10-12-27-13-11-25)23(33)29-15-14-28-21(31)16-19-6-3-5-18-4-1-2-7-20(18)19/h1-7,27H,8-16H2,(H,28,31)(H,29,33)(H,30,32). The average Bonchev–Trinajstić information content (AvgIpc) is 3.64. The van der Waals surface area contributed by atoms with Crippen LogP contribution in [0.25, 0.3) is 10.8 Å². The second-order valence-electron chi connectivity index (χ2n) is 8.90. The number of nitriles is 1. The van der Waals surface area contributed by atoms with Gasteiger partial charge in [0.15, 0.2) is 0 Å². The predicted octanol–water partition coefficient (Wildman–Crippen LogP) is 1.16. The van der Waals surface area contributed by atoms with Crippen molar-refractivity contribution in [2.24, 2.45) is 5.41 Å². The molecule has 0 atom stereocenters. The number of carbonyl (C=O) groups is 3. The smallest absolute Gasteiger partial charge is 0.245 e. The first kappa shape index (κ1) is 22.7. The molecular formula is C25H29N5O3. The molecule has 4 rings (SSSR count). The van der Waals surface area contributed by atoms with Gasteiger partial charge in [-0.25, -0.2) is 0 Å². The number of benzene rings is 2. The molecule has 2 aliphatic rings. The van der Waals surface area contributed by atoms with Gasteiger partial charge in [0.1, 0.15) is 11.0 Å². The van der Waals surface area contributed by atoms with Crippen LogP contribution in [0.4, 0.5) is 0 Å². The molecule has 172 valence electrons. The van der Waals surface area contributed by atoms with Crippen molar-refractivity contribution < 1.29 is 14.4 Å². The van der Waals surface area contributed by atoms with Gasteiger partial charge in [0.25, 0.3) is 0 Å². The summed E-state index contributed by atoms with van der Waals surface area (Å²) in [4.78, 5) is 38.1. The number of hydrogen-bond acceptors (Lipinski definition) is 5. The van der Waals surface area contributed by atoms with Gasteiger partial charge >= 0.3 is 0 Å². The lowest BCUT2D eigenvalue weighted by molar-refractivity contribution is -0.136. The van der Waals surface area contributed by atoms with Crippen LogP contribution >= 0.6 is 0 Å². The first-order chi connectivity index (χ1) is 16.0. The highest BCUT2D eigenvalue weighted by Gasteiger charge is 2.54. The molecule has 2 fully saturated rings. The van der Waals surface area contributed by atoms with Gasteiger partial charge in [-0.15, -0.1) is 0 Å². The number of rotatable bonds is 8. The third-order valence-corrected chi connectivity index (χ3v) is 6.61. The van der Waals surface area contributed by atoms with Crippen molar-refractivity contribution in [3.8, 4) is 6.07 Å². The van der Waals surface area contributed by atoms with E-state index in [0.29, 0.717) is 45.3 Å². The summed E-state index contributed by atoms with van der Waals surface area (Å²) >= 11 is 0. The Morgan fingerprint density at radius 3 is 2.33 bits per heavy atom. The number of amides is 3. The third-order valence-electron chi connectivity index (χ3n) is 6.61. The maximum absolute atomic E-state index is 13.0. The summed E-state index contributed by atoms with van der Waals surface area (Å²) < 4.78 is 0. The van der Waals surface area contributed by atoms with Crippen molar-refractivity contribution in [3.63, 3.8) is 0 Å². The Morgan fingerprint density at radius 1 is 0.909 bits per heavy atom. The van der Waals surface area contributed by atoms with E-state index in [0.717, 1.165) is 16.3 Å². The van der Waals surface area contributed by atoms with Crippen LogP contribution in [0.2, 0.25) is 0 Å². The summed E-state index contributed by atoms with van der Waals surface area (Å²) in [5, 5.41) is 23.2. The number of fused-ring (bicyclic) bond motifs is 1. The molecule has 1 aliphatic carbocycles. The van der Waals surface area contributed by atoms with Crippen LogP contribution in [0.5, 0.6) is 0 Å². The fraction of sp³-hybridized carbons (Fsp3) is 0.440. The molecule has 0 aromatic heterocycles. The van der Waals surface area contributed by atoms with Gasteiger partial charge in [-0.1, -0.05) is 42.5 Å². The van der Waals surface area contributed by atoms with Crippen molar-refractivity contribution in [2.75, 3.05) is 26.2 Å². The van der Waals surface area contributed by atoms with Crippen molar-refractivity contribution in [1.82, 2.24) is 21.3 Å².